The third-order valence-corrected chi connectivity index (χ3v) is 10.8. The predicted octanol–water partition coefficient (Wildman–Crippen LogP) is 10.8. The van der Waals surface area contributed by atoms with Crippen LogP contribution >= 0.6 is 11.8 Å². The molecule has 1 spiro atoms. The Kier molecular flexibility index (Phi) is 4.65. The van der Waals surface area contributed by atoms with E-state index >= 15 is 0 Å². The van der Waals surface area contributed by atoms with Gasteiger partial charge in [-0.3, -0.25) is 0 Å². The van der Waals surface area contributed by atoms with E-state index in [1.54, 1.807) is 0 Å². The van der Waals surface area contributed by atoms with Gasteiger partial charge in [0.05, 0.1) is 16.4 Å². The van der Waals surface area contributed by atoms with Crippen LogP contribution in [-0.2, 0) is 5.41 Å². The highest BCUT2D eigenvalue weighted by Crippen LogP contribution is 2.62. The van der Waals surface area contributed by atoms with Crippen LogP contribution in [0, 0.1) is 0 Å². The number of fused-ring (bicyclic) bond motifs is 13. The van der Waals surface area contributed by atoms with Gasteiger partial charge >= 0.3 is 0 Å². The molecule has 1 nitrogen and oxygen atoms in total. The number of para-hydroxylation sites is 1. The second-order valence-electron chi connectivity index (χ2n) is 11.7. The molecule has 2 heteroatoms. The summed E-state index contributed by atoms with van der Waals surface area (Å²) in [5.41, 5.74) is 11.5. The molecule has 0 fully saturated rings. The van der Waals surface area contributed by atoms with Crippen LogP contribution in [0.1, 0.15) is 22.3 Å². The van der Waals surface area contributed by atoms with Crippen LogP contribution in [0.5, 0.6) is 0 Å². The molecule has 8 aromatic rings. The standard InChI is InChI=1S/C41H25NS/c1-2-12-27-23-28(22-21-26(27)11-1)42-37-19-9-5-15-31(37)32-24-36-40(25-38(32)42)43-39-20-10-8-18-35(39)41(36)33-16-6-3-13-29(33)30-14-4-7-17-34(30)41/h1-25H. The number of nitrogens with zero attached hydrogens (tertiary/aromatic N) is 1. The average Bonchev–Trinajstić information content (AvgIpc) is 3.54. The van der Waals surface area contributed by atoms with Gasteiger partial charge in [-0.25, -0.2) is 0 Å². The summed E-state index contributed by atoms with van der Waals surface area (Å²) < 4.78 is 2.46. The van der Waals surface area contributed by atoms with E-state index in [1.165, 1.54) is 81.4 Å². The van der Waals surface area contributed by atoms with Gasteiger partial charge in [0.25, 0.3) is 0 Å². The van der Waals surface area contributed by atoms with Crippen molar-refractivity contribution in [3.63, 3.8) is 0 Å². The predicted molar refractivity (Wildman–Crippen MR) is 180 cm³/mol. The van der Waals surface area contributed by atoms with Gasteiger partial charge < -0.3 is 4.57 Å². The molecule has 0 bridgehead atoms. The normalized spacial score (nSPS) is 14.1. The molecule has 200 valence electrons. The van der Waals surface area contributed by atoms with Crippen molar-refractivity contribution in [2.24, 2.45) is 0 Å². The zero-order valence-corrected chi connectivity index (χ0v) is 24.1. The van der Waals surface area contributed by atoms with E-state index in [-0.39, 0.29) is 5.41 Å². The summed E-state index contributed by atoms with van der Waals surface area (Å²) in [6, 6.07) is 56.5. The lowest BCUT2D eigenvalue weighted by molar-refractivity contribution is 0.724. The fourth-order valence-electron chi connectivity index (χ4n) is 7.91. The second kappa shape index (κ2) is 8.50. The van der Waals surface area contributed by atoms with E-state index in [1.807, 2.05) is 11.8 Å². The summed E-state index contributed by atoms with van der Waals surface area (Å²) >= 11 is 1.91. The summed E-state index contributed by atoms with van der Waals surface area (Å²) in [5.74, 6) is 0. The fourth-order valence-corrected chi connectivity index (χ4v) is 9.12. The average molecular weight is 564 g/mol. The van der Waals surface area contributed by atoms with Crippen LogP contribution in [0.25, 0.3) is 49.4 Å². The van der Waals surface area contributed by atoms with E-state index in [9.17, 15) is 0 Å². The van der Waals surface area contributed by atoms with Gasteiger partial charge in [0, 0.05) is 26.3 Å². The van der Waals surface area contributed by atoms with Gasteiger partial charge in [0.1, 0.15) is 0 Å². The van der Waals surface area contributed by atoms with Crippen molar-refractivity contribution < 1.29 is 0 Å². The molecule has 0 N–H and O–H groups in total. The molecule has 1 aromatic heterocycles. The highest BCUT2D eigenvalue weighted by Gasteiger charge is 2.50. The Balaban J connectivity index is 1.35. The number of benzene rings is 7. The topological polar surface area (TPSA) is 4.93 Å². The van der Waals surface area contributed by atoms with Crippen LogP contribution in [0.2, 0.25) is 0 Å². The van der Waals surface area contributed by atoms with Gasteiger partial charge in [0.2, 0.25) is 0 Å². The first-order valence-electron chi connectivity index (χ1n) is 14.9. The lowest BCUT2D eigenvalue weighted by atomic mass is 9.67. The first kappa shape index (κ1) is 23.5. The molecule has 0 amide bonds. The molecule has 0 atom stereocenters. The maximum atomic E-state index is 2.52. The molecule has 0 radical (unpaired) electrons. The number of hydrogen-bond donors (Lipinski definition) is 0. The molecule has 2 aliphatic rings. The SMILES string of the molecule is c1ccc2c(c1)Sc1cc3c(cc1C21c2ccccc2-c2ccccc21)c1ccccc1n3-c1ccc2ccccc2c1. The van der Waals surface area contributed by atoms with Crippen molar-refractivity contribution in [2.45, 2.75) is 15.2 Å². The highest BCUT2D eigenvalue weighted by atomic mass is 32.2. The first-order valence-corrected chi connectivity index (χ1v) is 15.7. The maximum Gasteiger partial charge on any atom is 0.0735 e. The Morgan fingerprint density at radius 2 is 1.07 bits per heavy atom. The number of hydrogen-bond acceptors (Lipinski definition) is 1. The van der Waals surface area contributed by atoms with Crippen molar-refractivity contribution in [3.05, 3.63) is 174 Å². The third-order valence-electron chi connectivity index (χ3n) is 9.63. The number of aromatic nitrogens is 1. The van der Waals surface area contributed by atoms with Crippen molar-refractivity contribution in [2.75, 3.05) is 0 Å². The summed E-state index contributed by atoms with van der Waals surface area (Å²) in [6.07, 6.45) is 0. The quantitative estimate of drug-likeness (QED) is 0.192. The van der Waals surface area contributed by atoms with Gasteiger partial charge in [-0.2, -0.15) is 0 Å². The Morgan fingerprint density at radius 3 is 1.88 bits per heavy atom. The van der Waals surface area contributed by atoms with Crippen molar-refractivity contribution in [3.8, 4) is 16.8 Å². The Hall–Kier alpha value is -5.05. The minimum atomic E-state index is -0.370. The molecular weight excluding hydrogens is 539 g/mol. The van der Waals surface area contributed by atoms with Gasteiger partial charge in [0.15, 0.2) is 0 Å². The fraction of sp³-hybridized carbons (Fsp3) is 0.0244. The van der Waals surface area contributed by atoms with Gasteiger partial charge in [-0.05, 0) is 80.6 Å². The van der Waals surface area contributed by atoms with Crippen molar-refractivity contribution in [1.29, 1.82) is 0 Å². The number of rotatable bonds is 1. The van der Waals surface area contributed by atoms with Crippen LogP contribution in [0.15, 0.2) is 161 Å². The maximum absolute atomic E-state index is 2.52. The molecular formula is C41H25NS. The molecule has 2 heterocycles. The Labute approximate surface area is 254 Å². The van der Waals surface area contributed by atoms with Crippen molar-refractivity contribution >= 4 is 44.3 Å². The smallest absolute Gasteiger partial charge is 0.0735 e. The molecule has 10 rings (SSSR count). The molecule has 1 aliphatic carbocycles. The summed E-state index contributed by atoms with van der Waals surface area (Å²) in [6.45, 7) is 0. The van der Waals surface area contributed by atoms with Crippen molar-refractivity contribution in [1.82, 2.24) is 4.57 Å². The van der Waals surface area contributed by atoms with Crippen LogP contribution in [0.3, 0.4) is 0 Å². The van der Waals surface area contributed by atoms with Crippen LogP contribution in [0.4, 0.5) is 0 Å². The molecule has 1 aliphatic heterocycles. The van der Waals surface area contributed by atoms with E-state index in [4.69, 9.17) is 0 Å². The third kappa shape index (κ3) is 2.99. The first-order chi connectivity index (χ1) is 21.3. The summed E-state index contributed by atoms with van der Waals surface area (Å²) in [7, 11) is 0. The van der Waals surface area contributed by atoms with E-state index in [0.717, 1.165) is 0 Å². The lowest BCUT2D eigenvalue weighted by Gasteiger charge is -2.39. The molecule has 0 saturated carbocycles. The van der Waals surface area contributed by atoms with Gasteiger partial charge in [-0.1, -0.05) is 127 Å². The summed E-state index contributed by atoms with van der Waals surface area (Å²) in [5, 5.41) is 5.10. The zero-order chi connectivity index (χ0) is 28.1. The second-order valence-corrected chi connectivity index (χ2v) is 12.8. The van der Waals surface area contributed by atoms with E-state index in [0.29, 0.717) is 0 Å². The Bertz CT molecular complexity index is 2400. The minimum absolute atomic E-state index is 0.370. The largest absolute Gasteiger partial charge is 0.309 e. The van der Waals surface area contributed by atoms with Crippen LogP contribution in [-0.4, -0.2) is 4.57 Å². The molecule has 0 unspecified atom stereocenters. The molecule has 43 heavy (non-hydrogen) atoms. The highest BCUT2D eigenvalue weighted by molar-refractivity contribution is 7.99. The molecule has 0 saturated heterocycles. The molecule has 7 aromatic carbocycles. The van der Waals surface area contributed by atoms with E-state index < -0.39 is 0 Å². The van der Waals surface area contributed by atoms with Gasteiger partial charge in [-0.15, -0.1) is 0 Å². The van der Waals surface area contributed by atoms with Crippen LogP contribution < -0.4 is 0 Å². The Morgan fingerprint density at radius 1 is 0.419 bits per heavy atom. The monoisotopic (exact) mass is 563 g/mol. The zero-order valence-electron chi connectivity index (χ0n) is 23.3. The minimum Gasteiger partial charge on any atom is -0.309 e. The summed E-state index contributed by atoms with van der Waals surface area (Å²) in [4.78, 5) is 2.65. The lowest BCUT2D eigenvalue weighted by Crippen LogP contribution is -2.31. The van der Waals surface area contributed by atoms with E-state index in [2.05, 4.69) is 156 Å².